The number of piperidine rings is 1. The largest absolute Gasteiger partial charge is 0.339 e. The summed E-state index contributed by atoms with van der Waals surface area (Å²) < 4.78 is 26.3. The standard InChI is InChI=1S/C12H13F2NO/c13-9-4-5-11(14)10(8-9)12(16)15-6-2-1-3-7-15/h4-5,8H,1-3,6-7H2. The molecule has 0 saturated carbocycles. The molecule has 1 saturated heterocycles. The number of halogens is 2. The number of rotatable bonds is 1. The Bertz CT molecular complexity index is 400. The van der Waals surface area contributed by atoms with E-state index < -0.39 is 17.5 Å². The van der Waals surface area contributed by atoms with Crippen LogP contribution >= 0.6 is 0 Å². The predicted octanol–water partition coefficient (Wildman–Crippen LogP) is 2.59. The molecule has 1 amide bonds. The van der Waals surface area contributed by atoms with Gasteiger partial charge in [-0.3, -0.25) is 4.79 Å². The third-order valence-electron chi connectivity index (χ3n) is 2.80. The van der Waals surface area contributed by atoms with E-state index in [1.54, 1.807) is 4.90 Å². The molecular weight excluding hydrogens is 212 g/mol. The van der Waals surface area contributed by atoms with Gasteiger partial charge in [-0.25, -0.2) is 8.78 Å². The third kappa shape index (κ3) is 2.21. The number of amides is 1. The molecule has 0 aliphatic carbocycles. The molecule has 0 unspecified atom stereocenters. The van der Waals surface area contributed by atoms with Gasteiger partial charge in [0.2, 0.25) is 0 Å². The number of carbonyl (C=O) groups excluding carboxylic acids is 1. The number of carbonyl (C=O) groups is 1. The fourth-order valence-corrected chi connectivity index (χ4v) is 1.93. The number of nitrogens with zero attached hydrogens (tertiary/aromatic N) is 1. The van der Waals surface area contributed by atoms with Crippen LogP contribution in [0.3, 0.4) is 0 Å². The number of hydrogen-bond donors (Lipinski definition) is 0. The molecule has 0 spiro atoms. The summed E-state index contributed by atoms with van der Waals surface area (Å²) in [4.78, 5) is 13.5. The number of likely N-dealkylation sites (tertiary alicyclic amines) is 1. The molecular formula is C12H13F2NO. The van der Waals surface area contributed by atoms with Crippen LogP contribution in [0.15, 0.2) is 18.2 Å². The van der Waals surface area contributed by atoms with Crippen LogP contribution in [-0.2, 0) is 0 Å². The lowest BCUT2D eigenvalue weighted by Gasteiger charge is -2.26. The van der Waals surface area contributed by atoms with Crippen LogP contribution in [0.25, 0.3) is 0 Å². The minimum absolute atomic E-state index is 0.165. The molecule has 1 aromatic carbocycles. The maximum absolute atomic E-state index is 13.4. The van der Waals surface area contributed by atoms with Gasteiger partial charge < -0.3 is 4.90 Å². The van der Waals surface area contributed by atoms with Crippen molar-refractivity contribution in [2.24, 2.45) is 0 Å². The molecule has 0 N–H and O–H groups in total. The van der Waals surface area contributed by atoms with Gasteiger partial charge in [-0.05, 0) is 37.5 Å². The Balaban J connectivity index is 2.22. The van der Waals surface area contributed by atoms with Crippen molar-refractivity contribution in [2.45, 2.75) is 19.3 Å². The van der Waals surface area contributed by atoms with Crippen molar-refractivity contribution >= 4 is 5.91 Å². The van der Waals surface area contributed by atoms with Crippen molar-refractivity contribution in [3.63, 3.8) is 0 Å². The average Bonchev–Trinajstić information content (AvgIpc) is 2.32. The minimum Gasteiger partial charge on any atom is -0.339 e. The summed E-state index contributed by atoms with van der Waals surface area (Å²) in [6, 6.07) is 2.97. The Morgan fingerprint density at radius 3 is 2.50 bits per heavy atom. The van der Waals surface area contributed by atoms with E-state index in [1.165, 1.54) is 0 Å². The highest BCUT2D eigenvalue weighted by atomic mass is 19.1. The lowest BCUT2D eigenvalue weighted by Crippen LogP contribution is -2.36. The second-order valence-electron chi connectivity index (χ2n) is 3.98. The normalized spacial score (nSPS) is 16.2. The molecule has 0 radical (unpaired) electrons. The zero-order chi connectivity index (χ0) is 11.5. The summed E-state index contributed by atoms with van der Waals surface area (Å²) >= 11 is 0. The van der Waals surface area contributed by atoms with E-state index in [4.69, 9.17) is 0 Å². The Morgan fingerprint density at radius 2 is 1.81 bits per heavy atom. The van der Waals surface area contributed by atoms with E-state index in [0.717, 1.165) is 37.5 Å². The molecule has 1 aromatic rings. The van der Waals surface area contributed by atoms with Crippen molar-refractivity contribution in [3.05, 3.63) is 35.4 Å². The molecule has 0 aromatic heterocycles. The topological polar surface area (TPSA) is 20.3 Å². The Morgan fingerprint density at radius 1 is 1.12 bits per heavy atom. The summed E-state index contributed by atoms with van der Waals surface area (Å²) in [6.07, 6.45) is 2.96. The molecule has 1 aliphatic heterocycles. The van der Waals surface area contributed by atoms with E-state index in [-0.39, 0.29) is 5.56 Å². The van der Waals surface area contributed by atoms with Crippen LogP contribution in [0, 0.1) is 11.6 Å². The maximum Gasteiger partial charge on any atom is 0.256 e. The average molecular weight is 225 g/mol. The van der Waals surface area contributed by atoms with Gasteiger partial charge in [-0.1, -0.05) is 0 Å². The summed E-state index contributed by atoms with van der Waals surface area (Å²) in [5, 5.41) is 0. The van der Waals surface area contributed by atoms with Gasteiger partial charge in [0.25, 0.3) is 5.91 Å². The summed E-state index contributed by atoms with van der Waals surface area (Å²) in [6.45, 7) is 1.27. The molecule has 2 rings (SSSR count). The smallest absolute Gasteiger partial charge is 0.256 e. The molecule has 4 heteroatoms. The molecule has 0 bridgehead atoms. The van der Waals surface area contributed by atoms with Gasteiger partial charge in [-0.2, -0.15) is 0 Å². The molecule has 16 heavy (non-hydrogen) atoms. The molecule has 86 valence electrons. The molecule has 1 aliphatic rings. The lowest BCUT2D eigenvalue weighted by molar-refractivity contribution is 0.0719. The third-order valence-corrected chi connectivity index (χ3v) is 2.80. The summed E-state index contributed by atoms with van der Waals surface area (Å²) in [5.41, 5.74) is -0.165. The van der Waals surface area contributed by atoms with E-state index >= 15 is 0 Å². The zero-order valence-electron chi connectivity index (χ0n) is 8.88. The van der Waals surface area contributed by atoms with Crippen LogP contribution < -0.4 is 0 Å². The van der Waals surface area contributed by atoms with Gasteiger partial charge in [-0.15, -0.1) is 0 Å². The monoisotopic (exact) mass is 225 g/mol. The minimum atomic E-state index is -0.656. The van der Waals surface area contributed by atoms with Gasteiger partial charge >= 0.3 is 0 Å². The fourth-order valence-electron chi connectivity index (χ4n) is 1.93. The van der Waals surface area contributed by atoms with E-state index in [0.29, 0.717) is 13.1 Å². The Kier molecular flexibility index (Phi) is 3.17. The maximum atomic E-state index is 13.4. The predicted molar refractivity (Wildman–Crippen MR) is 56.1 cm³/mol. The molecule has 1 fully saturated rings. The van der Waals surface area contributed by atoms with Crippen molar-refractivity contribution < 1.29 is 13.6 Å². The first-order valence-electron chi connectivity index (χ1n) is 5.43. The summed E-state index contributed by atoms with van der Waals surface area (Å²) in [7, 11) is 0. The second kappa shape index (κ2) is 4.60. The first-order chi connectivity index (χ1) is 7.68. The van der Waals surface area contributed by atoms with Gasteiger partial charge in [0.05, 0.1) is 5.56 Å². The van der Waals surface area contributed by atoms with E-state index in [1.807, 2.05) is 0 Å². The fraction of sp³-hybridized carbons (Fsp3) is 0.417. The Hall–Kier alpha value is -1.45. The summed E-state index contributed by atoms with van der Waals surface area (Å²) in [5.74, 6) is -1.64. The number of hydrogen-bond acceptors (Lipinski definition) is 1. The lowest BCUT2D eigenvalue weighted by atomic mass is 10.1. The van der Waals surface area contributed by atoms with Crippen molar-refractivity contribution in [1.29, 1.82) is 0 Å². The van der Waals surface area contributed by atoms with Gasteiger partial charge in [0, 0.05) is 13.1 Å². The van der Waals surface area contributed by atoms with Gasteiger partial charge in [0.15, 0.2) is 0 Å². The molecule has 2 nitrogen and oxygen atoms in total. The van der Waals surface area contributed by atoms with Crippen molar-refractivity contribution in [3.8, 4) is 0 Å². The molecule has 0 atom stereocenters. The van der Waals surface area contributed by atoms with E-state index in [9.17, 15) is 13.6 Å². The molecule has 1 heterocycles. The Labute approximate surface area is 92.9 Å². The van der Waals surface area contributed by atoms with E-state index in [2.05, 4.69) is 0 Å². The SMILES string of the molecule is O=C(c1cc(F)ccc1F)N1CCCCC1. The van der Waals surface area contributed by atoms with Crippen molar-refractivity contribution in [1.82, 2.24) is 4.90 Å². The highest BCUT2D eigenvalue weighted by Gasteiger charge is 2.21. The highest BCUT2D eigenvalue weighted by Crippen LogP contribution is 2.16. The van der Waals surface area contributed by atoms with Crippen LogP contribution in [-0.4, -0.2) is 23.9 Å². The second-order valence-corrected chi connectivity index (χ2v) is 3.98. The number of benzene rings is 1. The van der Waals surface area contributed by atoms with Crippen LogP contribution in [0.2, 0.25) is 0 Å². The van der Waals surface area contributed by atoms with Crippen LogP contribution in [0.4, 0.5) is 8.78 Å². The first kappa shape index (κ1) is 11.0. The van der Waals surface area contributed by atoms with Crippen LogP contribution in [0.1, 0.15) is 29.6 Å². The van der Waals surface area contributed by atoms with Gasteiger partial charge in [0.1, 0.15) is 11.6 Å². The van der Waals surface area contributed by atoms with Crippen LogP contribution in [0.5, 0.6) is 0 Å². The zero-order valence-corrected chi connectivity index (χ0v) is 8.88. The van der Waals surface area contributed by atoms with Crippen molar-refractivity contribution in [2.75, 3.05) is 13.1 Å². The quantitative estimate of drug-likeness (QED) is 0.719. The highest BCUT2D eigenvalue weighted by molar-refractivity contribution is 5.94. The first-order valence-corrected chi connectivity index (χ1v) is 5.43.